The minimum atomic E-state index is 1.29. The van der Waals surface area contributed by atoms with E-state index in [2.05, 4.69) is 97.3 Å². The molecule has 0 unspecified atom stereocenters. The molecule has 0 saturated carbocycles. The van der Waals surface area contributed by atoms with Gasteiger partial charge in [0.2, 0.25) is 0 Å². The fourth-order valence-corrected chi connectivity index (χ4v) is 4.31. The molecular formula is C25H18S. The van der Waals surface area contributed by atoms with E-state index in [1.54, 1.807) is 11.8 Å². The summed E-state index contributed by atoms with van der Waals surface area (Å²) in [5, 5.41) is 7.80. The SMILES string of the molecule is CSc1cccc(-c2c3ccccc3cc3cc4ccccc4cc23)c1. The molecule has 26 heavy (non-hydrogen) atoms. The van der Waals surface area contributed by atoms with Crippen molar-refractivity contribution in [2.24, 2.45) is 0 Å². The van der Waals surface area contributed by atoms with E-state index in [-0.39, 0.29) is 0 Å². The maximum Gasteiger partial charge on any atom is 0.00753 e. The van der Waals surface area contributed by atoms with Crippen LogP contribution in [0.15, 0.2) is 95.9 Å². The fraction of sp³-hybridized carbons (Fsp3) is 0.0400. The maximum atomic E-state index is 2.35. The Morgan fingerprint density at radius 2 is 1.23 bits per heavy atom. The van der Waals surface area contributed by atoms with Crippen LogP contribution in [0.25, 0.3) is 43.4 Å². The third-order valence-electron chi connectivity index (χ3n) is 5.09. The van der Waals surface area contributed by atoms with Crippen LogP contribution in [-0.4, -0.2) is 6.26 Å². The van der Waals surface area contributed by atoms with Crippen molar-refractivity contribution in [3.63, 3.8) is 0 Å². The molecule has 1 heteroatoms. The predicted molar refractivity (Wildman–Crippen MR) is 116 cm³/mol. The lowest BCUT2D eigenvalue weighted by molar-refractivity contribution is 1.47. The Labute approximate surface area is 157 Å². The first-order valence-electron chi connectivity index (χ1n) is 8.82. The van der Waals surface area contributed by atoms with Crippen molar-refractivity contribution in [2.45, 2.75) is 4.90 Å². The average molecular weight is 350 g/mol. The molecular weight excluding hydrogens is 332 g/mol. The molecule has 5 aromatic carbocycles. The minimum Gasteiger partial charge on any atom is -0.130 e. The lowest BCUT2D eigenvalue weighted by Crippen LogP contribution is -1.87. The smallest absolute Gasteiger partial charge is 0.00753 e. The topological polar surface area (TPSA) is 0 Å². The quantitative estimate of drug-likeness (QED) is 0.234. The van der Waals surface area contributed by atoms with Crippen molar-refractivity contribution in [3.05, 3.63) is 91.0 Å². The Bertz CT molecular complexity index is 1260. The molecule has 124 valence electrons. The lowest BCUT2D eigenvalue weighted by Gasteiger charge is -2.14. The molecule has 0 saturated heterocycles. The predicted octanol–water partition coefficient (Wildman–Crippen LogP) is 7.54. The van der Waals surface area contributed by atoms with Gasteiger partial charge in [-0.1, -0.05) is 60.7 Å². The summed E-state index contributed by atoms with van der Waals surface area (Å²) in [4.78, 5) is 1.30. The molecule has 0 atom stereocenters. The van der Waals surface area contributed by atoms with Crippen LogP contribution < -0.4 is 0 Å². The standard InChI is InChI=1S/C25H18S/c1-26-22-11-6-10-20(15-22)25-23-12-5-4-9-19(23)14-21-13-17-7-2-3-8-18(17)16-24(21)25/h2-16H,1H3. The molecule has 0 spiro atoms. The van der Waals surface area contributed by atoms with Crippen LogP contribution in [0.1, 0.15) is 0 Å². The monoisotopic (exact) mass is 350 g/mol. The van der Waals surface area contributed by atoms with Gasteiger partial charge >= 0.3 is 0 Å². The highest BCUT2D eigenvalue weighted by molar-refractivity contribution is 7.98. The van der Waals surface area contributed by atoms with Crippen molar-refractivity contribution < 1.29 is 0 Å². The first-order valence-corrected chi connectivity index (χ1v) is 10.0. The number of thioether (sulfide) groups is 1. The summed E-state index contributed by atoms with van der Waals surface area (Å²) in [6.45, 7) is 0. The fourth-order valence-electron chi connectivity index (χ4n) is 3.85. The molecule has 0 aliphatic carbocycles. The second-order valence-electron chi connectivity index (χ2n) is 6.63. The van der Waals surface area contributed by atoms with Crippen molar-refractivity contribution in [3.8, 4) is 11.1 Å². The van der Waals surface area contributed by atoms with Gasteiger partial charge in [-0.3, -0.25) is 0 Å². The molecule has 5 aromatic rings. The van der Waals surface area contributed by atoms with Gasteiger partial charge in [-0.2, -0.15) is 0 Å². The number of benzene rings is 5. The Morgan fingerprint density at radius 1 is 0.538 bits per heavy atom. The van der Waals surface area contributed by atoms with Crippen LogP contribution in [0, 0.1) is 0 Å². The second-order valence-corrected chi connectivity index (χ2v) is 7.50. The van der Waals surface area contributed by atoms with Crippen molar-refractivity contribution in [2.75, 3.05) is 6.26 Å². The molecule has 5 rings (SSSR count). The summed E-state index contributed by atoms with van der Waals surface area (Å²) in [5.74, 6) is 0. The summed E-state index contributed by atoms with van der Waals surface area (Å²) >= 11 is 1.79. The largest absolute Gasteiger partial charge is 0.130 e. The summed E-state index contributed by atoms with van der Waals surface area (Å²) in [5.41, 5.74) is 2.62. The van der Waals surface area contributed by atoms with Gasteiger partial charge in [0, 0.05) is 4.90 Å². The number of rotatable bonds is 2. The maximum absolute atomic E-state index is 2.35. The van der Waals surface area contributed by atoms with Gasteiger partial charge in [-0.25, -0.2) is 0 Å². The van der Waals surface area contributed by atoms with E-state index >= 15 is 0 Å². The van der Waals surface area contributed by atoms with E-state index in [4.69, 9.17) is 0 Å². The average Bonchev–Trinajstić information content (AvgIpc) is 2.70. The van der Waals surface area contributed by atoms with Crippen molar-refractivity contribution in [1.29, 1.82) is 0 Å². The second kappa shape index (κ2) is 6.19. The number of hydrogen-bond acceptors (Lipinski definition) is 1. The van der Waals surface area contributed by atoms with Crippen molar-refractivity contribution in [1.82, 2.24) is 0 Å². The zero-order valence-corrected chi connectivity index (χ0v) is 15.4. The Morgan fingerprint density at radius 3 is 2.04 bits per heavy atom. The van der Waals surface area contributed by atoms with Crippen LogP contribution in [-0.2, 0) is 0 Å². The minimum absolute atomic E-state index is 1.29. The van der Waals surface area contributed by atoms with Gasteiger partial charge in [0.05, 0.1) is 0 Å². The van der Waals surface area contributed by atoms with Crippen LogP contribution in [0.5, 0.6) is 0 Å². The van der Waals surface area contributed by atoms with Gasteiger partial charge in [0.25, 0.3) is 0 Å². The highest BCUT2D eigenvalue weighted by Crippen LogP contribution is 2.39. The number of fused-ring (bicyclic) bond motifs is 3. The lowest BCUT2D eigenvalue weighted by atomic mass is 9.90. The van der Waals surface area contributed by atoms with Crippen molar-refractivity contribution >= 4 is 44.1 Å². The number of hydrogen-bond donors (Lipinski definition) is 0. The van der Waals surface area contributed by atoms with E-state index in [0.717, 1.165) is 0 Å². The molecule has 0 bridgehead atoms. The van der Waals surface area contributed by atoms with E-state index in [9.17, 15) is 0 Å². The van der Waals surface area contributed by atoms with Crippen LogP contribution in [0.2, 0.25) is 0 Å². The first-order chi connectivity index (χ1) is 12.8. The van der Waals surface area contributed by atoms with Gasteiger partial charge in [0.15, 0.2) is 0 Å². The molecule has 0 aromatic heterocycles. The van der Waals surface area contributed by atoms with Gasteiger partial charge in [0.1, 0.15) is 0 Å². The van der Waals surface area contributed by atoms with Crippen LogP contribution >= 0.6 is 11.8 Å². The van der Waals surface area contributed by atoms with Gasteiger partial charge in [-0.05, 0) is 80.0 Å². The Hall–Kier alpha value is -2.77. The zero-order chi connectivity index (χ0) is 17.5. The zero-order valence-electron chi connectivity index (χ0n) is 14.6. The van der Waals surface area contributed by atoms with Gasteiger partial charge < -0.3 is 0 Å². The van der Waals surface area contributed by atoms with Gasteiger partial charge in [-0.15, -0.1) is 11.8 Å². The highest BCUT2D eigenvalue weighted by atomic mass is 32.2. The third kappa shape index (κ3) is 2.48. The summed E-state index contributed by atoms with van der Waals surface area (Å²) in [6.07, 6.45) is 2.13. The van der Waals surface area contributed by atoms with E-state index < -0.39 is 0 Å². The molecule has 0 nitrogen and oxygen atoms in total. The van der Waals surface area contributed by atoms with Crippen LogP contribution in [0.4, 0.5) is 0 Å². The first kappa shape index (κ1) is 15.5. The molecule has 0 aliphatic rings. The molecule has 0 N–H and O–H groups in total. The Balaban J connectivity index is 1.97. The summed E-state index contributed by atoms with van der Waals surface area (Å²) < 4.78 is 0. The third-order valence-corrected chi connectivity index (χ3v) is 5.81. The summed E-state index contributed by atoms with van der Waals surface area (Å²) in [7, 11) is 0. The van der Waals surface area contributed by atoms with E-state index in [1.807, 2.05) is 0 Å². The normalized spacial score (nSPS) is 11.4. The summed E-state index contributed by atoms with van der Waals surface area (Å²) in [6, 6.07) is 33.2. The van der Waals surface area contributed by atoms with E-state index in [0.29, 0.717) is 0 Å². The molecule has 0 fully saturated rings. The molecule has 0 amide bonds. The van der Waals surface area contributed by atoms with E-state index in [1.165, 1.54) is 48.3 Å². The molecule has 0 heterocycles. The molecule has 0 radical (unpaired) electrons. The van der Waals surface area contributed by atoms with Crippen LogP contribution in [0.3, 0.4) is 0 Å². The highest BCUT2D eigenvalue weighted by Gasteiger charge is 2.11. The molecule has 0 aliphatic heterocycles. The Kier molecular flexibility index (Phi) is 3.69.